The van der Waals surface area contributed by atoms with Crippen LogP contribution in [0.4, 0.5) is 0 Å². The van der Waals surface area contributed by atoms with Crippen LogP contribution in [0.3, 0.4) is 0 Å². The third-order valence-electron chi connectivity index (χ3n) is 4.11. The smallest absolute Gasteiger partial charge is 0.184 e. The Labute approximate surface area is 162 Å². The van der Waals surface area contributed by atoms with Crippen LogP contribution in [-0.4, -0.2) is 26.9 Å². The van der Waals surface area contributed by atoms with E-state index in [2.05, 4.69) is 45.5 Å². The van der Waals surface area contributed by atoms with E-state index in [9.17, 15) is 0 Å². The van der Waals surface area contributed by atoms with Crippen molar-refractivity contribution in [2.75, 3.05) is 26.9 Å². The molecule has 0 aliphatic carbocycles. The molecule has 1 heterocycles. The molecule has 1 aliphatic rings. The van der Waals surface area contributed by atoms with Gasteiger partial charge in [-0.05, 0) is 46.1 Å². The quantitative estimate of drug-likeness (QED) is 0.692. The number of nitrogens with one attached hydrogen (secondary N) is 1. The van der Waals surface area contributed by atoms with E-state index in [1.165, 1.54) is 5.56 Å². The van der Waals surface area contributed by atoms with E-state index < -0.39 is 0 Å². The zero-order valence-corrected chi connectivity index (χ0v) is 16.7. The van der Waals surface area contributed by atoms with Gasteiger partial charge in [-0.2, -0.15) is 0 Å². The number of rotatable bonds is 8. The van der Waals surface area contributed by atoms with Crippen molar-refractivity contribution in [3.63, 3.8) is 0 Å². The first kappa shape index (κ1) is 19.2. The highest BCUT2D eigenvalue weighted by atomic mass is 79.9. The fourth-order valence-electron chi connectivity index (χ4n) is 2.88. The van der Waals surface area contributed by atoms with Crippen LogP contribution in [0.5, 0.6) is 11.5 Å². The maximum Gasteiger partial charge on any atom is 0.184 e. The van der Waals surface area contributed by atoms with E-state index in [1.54, 1.807) is 7.11 Å². The molecule has 140 valence electrons. The monoisotopic (exact) mass is 421 g/mol. The van der Waals surface area contributed by atoms with Gasteiger partial charge in [-0.15, -0.1) is 0 Å². The second-order valence-corrected chi connectivity index (χ2v) is 6.82. The van der Waals surface area contributed by atoms with E-state index in [0.29, 0.717) is 19.8 Å². The highest BCUT2D eigenvalue weighted by molar-refractivity contribution is 9.10. The number of ether oxygens (including phenoxy) is 4. The molecule has 0 saturated carbocycles. The first-order valence-electron chi connectivity index (χ1n) is 8.73. The molecule has 3 rings (SSSR count). The van der Waals surface area contributed by atoms with Gasteiger partial charge in [0.05, 0.1) is 31.4 Å². The molecule has 0 atom stereocenters. The van der Waals surface area contributed by atoms with Gasteiger partial charge < -0.3 is 24.3 Å². The van der Waals surface area contributed by atoms with Crippen molar-refractivity contribution in [2.24, 2.45) is 0 Å². The normalized spacial score (nSPS) is 14.6. The zero-order valence-electron chi connectivity index (χ0n) is 15.1. The summed E-state index contributed by atoms with van der Waals surface area (Å²) in [6, 6.07) is 12.4. The summed E-state index contributed by atoms with van der Waals surface area (Å²) >= 11 is 3.55. The number of benzene rings is 2. The third kappa shape index (κ3) is 4.76. The molecule has 0 aromatic heterocycles. The predicted molar refractivity (Wildman–Crippen MR) is 103 cm³/mol. The Morgan fingerprint density at radius 3 is 2.42 bits per heavy atom. The highest BCUT2D eigenvalue weighted by Crippen LogP contribution is 2.36. The summed E-state index contributed by atoms with van der Waals surface area (Å²) in [5, 5.41) is 3.46. The Bertz CT molecular complexity index is 714. The molecule has 6 heteroatoms. The molecule has 1 aliphatic heterocycles. The molecule has 26 heavy (non-hydrogen) atoms. The standard InChI is InChI=1S/C20H24BrNO4/c1-3-24-18-11-15(10-17(21)19(18)23-2)13-22-12-14-4-6-16(7-5-14)20-25-8-9-26-20/h4-7,10-11,20,22H,3,8-9,12-13H2,1-2H3. The lowest BCUT2D eigenvalue weighted by molar-refractivity contribution is -0.0441. The summed E-state index contributed by atoms with van der Waals surface area (Å²) in [4.78, 5) is 0. The van der Waals surface area contributed by atoms with Gasteiger partial charge in [-0.25, -0.2) is 0 Å². The summed E-state index contributed by atoms with van der Waals surface area (Å²) in [5.74, 6) is 1.48. The Morgan fingerprint density at radius 1 is 1.08 bits per heavy atom. The largest absolute Gasteiger partial charge is 0.492 e. The van der Waals surface area contributed by atoms with Crippen LogP contribution in [0.1, 0.15) is 29.9 Å². The van der Waals surface area contributed by atoms with Crippen molar-refractivity contribution >= 4 is 15.9 Å². The van der Waals surface area contributed by atoms with Crippen molar-refractivity contribution in [3.05, 3.63) is 57.6 Å². The van der Waals surface area contributed by atoms with E-state index in [1.807, 2.05) is 19.1 Å². The molecule has 0 bridgehead atoms. The molecule has 0 amide bonds. The van der Waals surface area contributed by atoms with Gasteiger partial charge in [0.2, 0.25) is 0 Å². The first-order valence-corrected chi connectivity index (χ1v) is 9.52. The van der Waals surface area contributed by atoms with Gasteiger partial charge in [0.15, 0.2) is 17.8 Å². The molecule has 2 aromatic rings. The Balaban J connectivity index is 1.57. The highest BCUT2D eigenvalue weighted by Gasteiger charge is 2.17. The number of hydrogen-bond acceptors (Lipinski definition) is 5. The fourth-order valence-corrected chi connectivity index (χ4v) is 3.53. The molecule has 2 aromatic carbocycles. The van der Waals surface area contributed by atoms with Crippen LogP contribution in [0.2, 0.25) is 0 Å². The Morgan fingerprint density at radius 2 is 1.77 bits per heavy atom. The SMILES string of the molecule is CCOc1cc(CNCc2ccc(C3OCCO3)cc2)cc(Br)c1OC. The van der Waals surface area contributed by atoms with Crippen molar-refractivity contribution < 1.29 is 18.9 Å². The van der Waals surface area contributed by atoms with Gasteiger partial charge in [0.1, 0.15) is 0 Å². The predicted octanol–water partition coefficient (Wildman–Crippen LogP) is 4.19. The first-order chi connectivity index (χ1) is 12.7. The van der Waals surface area contributed by atoms with E-state index in [0.717, 1.165) is 40.2 Å². The topological polar surface area (TPSA) is 49.0 Å². The summed E-state index contributed by atoms with van der Waals surface area (Å²) in [6.07, 6.45) is -0.217. The number of hydrogen-bond donors (Lipinski definition) is 1. The van der Waals surface area contributed by atoms with Crippen molar-refractivity contribution in [1.82, 2.24) is 5.32 Å². The van der Waals surface area contributed by atoms with E-state index in [-0.39, 0.29) is 6.29 Å². The van der Waals surface area contributed by atoms with Crippen LogP contribution in [0, 0.1) is 0 Å². The second kappa shape index (κ2) is 9.37. The molecular formula is C20H24BrNO4. The van der Waals surface area contributed by atoms with Crippen LogP contribution < -0.4 is 14.8 Å². The summed E-state index contributed by atoms with van der Waals surface area (Å²) < 4.78 is 23.0. The summed E-state index contributed by atoms with van der Waals surface area (Å²) in [6.45, 7) is 5.40. The van der Waals surface area contributed by atoms with Crippen LogP contribution in [-0.2, 0) is 22.6 Å². The molecule has 0 unspecified atom stereocenters. The third-order valence-corrected chi connectivity index (χ3v) is 4.69. The maximum absolute atomic E-state index is 5.67. The number of methoxy groups -OCH3 is 1. The molecule has 0 radical (unpaired) electrons. The average molecular weight is 422 g/mol. The molecule has 0 spiro atoms. The van der Waals surface area contributed by atoms with Crippen LogP contribution in [0.25, 0.3) is 0 Å². The number of halogens is 1. The van der Waals surface area contributed by atoms with E-state index in [4.69, 9.17) is 18.9 Å². The lowest BCUT2D eigenvalue weighted by atomic mass is 10.1. The lowest BCUT2D eigenvalue weighted by Crippen LogP contribution is -2.13. The van der Waals surface area contributed by atoms with Gasteiger partial charge in [0, 0.05) is 18.7 Å². The molecular weight excluding hydrogens is 398 g/mol. The van der Waals surface area contributed by atoms with Gasteiger partial charge in [-0.3, -0.25) is 0 Å². The van der Waals surface area contributed by atoms with Gasteiger partial charge >= 0.3 is 0 Å². The lowest BCUT2D eigenvalue weighted by Gasteiger charge is -2.14. The minimum Gasteiger partial charge on any atom is -0.492 e. The summed E-state index contributed by atoms with van der Waals surface area (Å²) in [7, 11) is 1.64. The molecule has 1 N–H and O–H groups in total. The van der Waals surface area contributed by atoms with Gasteiger partial charge in [-0.1, -0.05) is 24.3 Å². The maximum atomic E-state index is 5.67. The minimum atomic E-state index is -0.217. The van der Waals surface area contributed by atoms with E-state index >= 15 is 0 Å². The average Bonchev–Trinajstić information content (AvgIpc) is 3.17. The van der Waals surface area contributed by atoms with Gasteiger partial charge in [0.25, 0.3) is 0 Å². The van der Waals surface area contributed by atoms with Crippen LogP contribution >= 0.6 is 15.9 Å². The second-order valence-electron chi connectivity index (χ2n) is 5.96. The Hall–Kier alpha value is -1.60. The van der Waals surface area contributed by atoms with Crippen molar-refractivity contribution in [1.29, 1.82) is 0 Å². The van der Waals surface area contributed by atoms with Crippen molar-refractivity contribution in [3.8, 4) is 11.5 Å². The van der Waals surface area contributed by atoms with Crippen molar-refractivity contribution in [2.45, 2.75) is 26.3 Å². The van der Waals surface area contributed by atoms with Crippen LogP contribution in [0.15, 0.2) is 40.9 Å². The molecule has 5 nitrogen and oxygen atoms in total. The molecule has 1 saturated heterocycles. The zero-order chi connectivity index (χ0) is 18.4. The Kier molecular flexibility index (Phi) is 6.91. The summed E-state index contributed by atoms with van der Waals surface area (Å²) in [5.41, 5.74) is 3.40. The minimum absolute atomic E-state index is 0.217. The fraction of sp³-hybridized carbons (Fsp3) is 0.400. The molecule has 1 fully saturated rings.